The number of benzene rings is 2. The number of nitrogens with zero attached hydrogens (tertiary/aromatic N) is 1. The zero-order valence-electron chi connectivity index (χ0n) is 16.7. The molecule has 2 aromatic rings. The molecule has 3 aliphatic rings. The fraction of sp³-hybridized carbons (Fsp3) is 0.417. The molecule has 2 aromatic carbocycles. The molecular weight excluding hydrogens is 383 g/mol. The van der Waals surface area contributed by atoms with Crippen LogP contribution in [-0.4, -0.2) is 34.0 Å². The fourth-order valence-corrected chi connectivity index (χ4v) is 5.63. The minimum Gasteiger partial charge on any atom is -0.380 e. The Morgan fingerprint density at radius 2 is 1.73 bits per heavy atom. The molecule has 156 valence electrons. The number of amides is 2. The lowest BCUT2D eigenvalue weighted by Crippen LogP contribution is -2.52. The number of hydrogen-bond acceptors (Lipinski definition) is 3. The van der Waals surface area contributed by atoms with Gasteiger partial charge in [-0.2, -0.15) is 0 Å². The molecule has 2 aliphatic heterocycles. The molecule has 1 aliphatic carbocycles. The second-order valence-corrected chi connectivity index (χ2v) is 8.77. The van der Waals surface area contributed by atoms with Crippen LogP contribution < -0.4 is 5.32 Å². The quantitative estimate of drug-likeness (QED) is 0.796. The van der Waals surface area contributed by atoms with E-state index in [-0.39, 0.29) is 17.6 Å². The Balaban J connectivity index is 1.64. The third kappa shape index (κ3) is 2.70. The summed E-state index contributed by atoms with van der Waals surface area (Å²) in [5.41, 5.74) is -0.0322. The summed E-state index contributed by atoms with van der Waals surface area (Å²) in [5, 5.41) is 14.1. The van der Waals surface area contributed by atoms with E-state index in [0.29, 0.717) is 31.4 Å². The Morgan fingerprint density at radius 1 is 1.03 bits per heavy atom. The van der Waals surface area contributed by atoms with Gasteiger partial charge in [0.1, 0.15) is 16.8 Å². The number of carbonyl (C=O) groups is 2. The molecule has 5 rings (SSSR count). The van der Waals surface area contributed by atoms with Crippen LogP contribution in [0.5, 0.6) is 0 Å². The van der Waals surface area contributed by atoms with Crippen molar-refractivity contribution in [1.82, 2.24) is 4.90 Å². The van der Waals surface area contributed by atoms with E-state index in [4.69, 9.17) is 0 Å². The predicted octanol–water partition coefficient (Wildman–Crippen LogP) is 3.68. The Labute approximate surface area is 174 Å². The van der Waals surface area contributed by atoms with Gasteiger partial charge < -0.3 is 15.3 Å². The summed E-state index contributed by atoms with van der Waals surface area (Å²) in [5.74, 6) is -0.833. The lowest BCUT2D eigenvalue weighted by atomic mass is 9.72. The maximum absolute atomic E-state index is 13.7. The van der Waals surface area contributed by atoms with Crippen LogP contribution in [0.15, 0.2) is 48.5 Å². The van der Waals surface area contributed by atoms with Crippen LogP contribution in [0.2, 0.25) is 0 Å². The first-order valence-electron chi connectivity index (χ1n) is 10.7. The number of nitrogens with one attached hydrogen (secondary N) is 1. The number of halogens is 1. The molecule has 6 heteroatoms. The summed E-state index contributed by atoms with van der Waals surface area (Å²) in [6.45, 7) is 0.366. The maximum Gasteiger partial charge on any atom is 0.255 e. The van der Waals surface area contributed by atoms with Crippen molar-refractivity contribution in [2.45, 2.75) is 55.6 Å². The maximum atomic E-state index is 13.7. The van der Waals surface area contributed by atoms with E-state index in [1.54, 1.807) is 17.0 Å². The molecule has 2 heterocycles. The third-order valence-corrected chi connectivity index (χ3v) is 7.11. The average molecular weight is 408 g/mol. The van der Waals surface area contributed by atoms with Crippen LogP contribution in [0, 0.1) is 5.82 Å². The zero-order valence-corrected chi connectivity index (χ0v) is 16.7. The highest BCUT2D eigenvalue weighted by atomic mass is 19.1. The second kappa shape index (κ2) is 6.91. The molecule has 0 radical (unpaired) electrons. The number of likely N-dealkylation sites (tertiary alicyclic amines) is 1. The van der Waals surface area contributed by atoms with Crippen molar-refractivity contribution in [3.63, 3.8) is 0 Å². The number of aliphatic hydroxyl groups is 1. The lowest BCUT2D eigenvalue weighted by molar-refractivity contribution is -0.156. The molecular formula is C24H25FN2O3. The third-order valence-electron chi connectivity index (χ3n) is 7.11. The van der Waals surface area contributed by atoms with Crippen LogP contribution in [0.4, 0.5) is 10.1 Å². The molecule has 0 unspecified atom stereocenters. The Morgan fingerprint density at radius 3 is 2.47 bits per heavy atom. The van der Waals surface area contributed by atoms with Crippen molar-refractivity contribution < 1.29 is 19.1 Å². The standard InChI is InChI=1S/C24H25FN2O3/c25-17-10-8-16(9-11-17)20-24(18-6-2-3-7-19(18)26-21(24)28)14-15-27(20)22(29)23(30)12-4-1-5-13-23/h2-3,6-11,20,30H,1,4-5,12-15H2,(H,26,28)/t20-,24+/m0/s1. The molecule has 2 fully saturated rings. The first-order valence-corrected chi connectivity index (χ1v) is 10.7. The first kappa shape index (κ1) is 19.2. The van der Waals surface area contributed by atoms with Gasteiger partial charge in [0.15, 0.2) is 0 Å². The monoisotopic (exact) mass is 408 g/mol. The van der Waals surface area contributed by atoms with Crippen molar-refractivity contribution >= 4 is 17.5 Å². The molecule has 1 saturated carbocycles. The van der Waals surface area contributed by atoms with Gasteiger partial charge in [-0.15, -0.1) is 0 Å². The number of rotatable bonds is 2. The van der Waals surface area contributed by atoms with Crippen molar-refractivity contribution in [1.29, 1.82) is 0 Å². The Kier molecular flexibility index (Phi) is 4.43. The normalized spacial score (nSPS) is 27.2. The average Bonchev–Trinajstić information content (AvgIpc) is 3.28. The Bertz CT molecular complexity index is 1000. The summed E-state index contributed by atoms with van der Waals surface area (Å²) in [6.07, 6.45) is 3.97. The number of para-hydroxylation sites is 1. The van der Waals surface area contributed by atoms with Gasteiger partial charge in [-0.3, -0.25) is 9.59 Å². The topological polar surface area (TPSA) is 69.6 Å². The van der Waals surface area contributed by atoms with Crippen LogP contribution in [0.3, 0.4) is 0 Å². The molecule has 1 spiro atoms. The van der Waals surface area contributed by atoms with E-state index in [9.17, 15) is 19.1 Å². The number of anilines is 1. The molecule has 30 heavy (non-hydrogen) atoms. The van der Waals surface area contributed by atoms with Crippen LogP contribution >= 0.6 is 0 Å². The van der Waals surface area contributed by atoms with E-state index < -0.39 is 17.1 Å². The highest BCUT2D eigenvalue weighted by Gasteiger charge is 2.60. The van der Waals surface area contributed by atoms with E-state index in [1.165, 1.54) is 12.1 Å². The smallest absolute Gasteiger partial charge is 0.255 e. The predicted molar refractivity (Wildman–Crippen MR) is 110 cm³/mol. The molecule has 2 atom stereocenters. The summed E-state index contributed by atoms with van der Waals surface area (Å²) in [4.78, 5) is 28.6. The van der Waals surface area contributed by atoms with E-state index in [2.05, 4.69) is 5.32 Å². The largest absolute Gasteiger partial charge is 0.380 e. The number of fused-ring (bicyclic) bond motifs is 2. The molecule has 2 amide bonds. The number of carbonyl (C=O) groups excluding carboxylic acids is 2. The zero-order chi connectivity index (χ0) is 20.9. The second-order valence-electron chi connectivity index (χ2n) is 8.77. The summed E-state index contributed by atoms with van der Waals surface area (Å²) < 4.78 is 13.7. The Hall–Kier alpha value is -2.73. The van der Waals surface area contributed by atoms with Gasteiger partial charge in [0, 0.05) is 12.2 Å². The number of hydrogen-bond donors (Lipinski definition) is 2. The SMILES string of the molecule is O=C(N1CC[C@]2(C(=O)Nc3ccccc32)[C@@H]1c1ccc(F)cc1)C1(O)CCCCC1. The molecule has 1 saturated heterocycles. The van der Waals surface area contributed by atoms with Gasteiger partial charge in [0.2, 0.25) is 5.91 Å². The van der Waals surface area contributed by atoms with Gasteiger partial charge >= 0.3 is 0 Å². The highest BCUT2D eigenvalue weighted by molar-refractivity contribution is 6.08. The first-order chi connectivity index (χ1) is 14.5. The minimum atomic E-state index is -1.39. The van der Waals surface area contributed by atoms with Crippen LogP contribution in [0.25, 0.3) is 0 Å². The van der Waals surface area contributed by atoms with Crippen molar-refractivity contribution in [3.8, 4) is 0 Å². The highest BCUT2D eigenvalue weighted by Crippen LogP contribution is 2.55. The van der Waals surface area contributed by atoms with E-state index in [1.807, 2.05) is 24.3 Å². The van der Waals surface area contributed by atoms with Crippen LogP contribution in [-0.2, 0) is 15.0 Å². The van der Waals surface area contributed by atoms with E-state index in [0.717, 1.165) is 30.5 Å². The lowest BCUT2D eigenvalue weighted by Gasteiger charge is -2.39. The van der Waals surface area contributed by atoms with Gasteiger partial charge in [0.05, 0.1) is 6.04 Å². The minimum absolute atomic E-state index is 0.149. The van der Waals surface area contributed by atoms with E-state index >= 15 is 0 Å². The van der Waals surface area contributed by atoms with Gasteiger partial charge in [-0.05, 0) is 48.6 Å². The molecule has 0 aromatic heterocycles. The van der Waals surface area contributed by atoms with Crippen molar-refractivity contribution in [2.24, 2.45) is 0 Å². The molecule has 2 N–H and O–H groups in total. The van der Waals surface area contributed by atoms with Crippen molar-refractivity contribution in [2.75, 3.05) is 11.9 Å². The van der Waals surface area contributed by atoms with Gasteiger partial charge in [-0.25, -0.2) is 4.39 Å². The summed E-state index contributed by atoms with van der Waals surface area (Å²) >= 11 is 0. The van der Waals surface area contributed by atoms with Crippen molar-refractivity contribution in [3.05, 3.63) is 65.5 Å². The fourth-order valence-electron chi connectivity index (χ4n) is 5.63. The summed E-state index contributed by atoms with van der Waals surface area (Å²) in [6, 6.07) is 13.0. The van der Waals surface area contributed by atoms with Gasteiger partial charge in [-0.1, -0.05) is 49.6 Å². The molecule has 0 bridgehead atoms. The van der Waals surface area contributed by atoms with Gasteiger partial charge in [0.25, 0.3) is 5.91 Å². The molecule has 5 nitrogen and oxygen atoms in total. The van der Waals surface area contributed by atoms with Crippen LogP contribution in [0.1, 0.15) is 55.7 Å². The summed E-state index contributed by atoms with van der Waals surface area (Å²) in [7, 11) is 0.